The van der Waals surface area contributed by atoms with Gasteiger partial charge < -0.3 is 5.32 Å². The molecule has 0 atom stereocenters. The van der Waals surface area contributed by atoms with Gasteiger partial charge in [-0.1, -0.05) is 6.07 Å². The number of nitrogens with zero attached hydrogens (tertiary/aromatic N) is 1. The van der Waals surface area contributed by atoms with E-state index >= 15 is 0 Å². The fraction of sp³-hybridized carbons (Fsp3) is 0.545. The van der Waals surface area contributed by atoms with Gasteiger partial charge in [-0.25, -0.2) is 4.98 Å². The second kappa shape index (κ2) is 4.65. The standard InChI is InChI=1S/C11H17ClN2/c1-9-5-4-8-13-10(9)14-11(2,3)6-7-12/h4-5,8H,6-7H2,1-3H3,(H,13,14). The van der Waals surface area contributed by atoms with Crippen LogP contribution in [0.4, 0.5) is 5.82 Å². The first-order chi connectivity index (χ1) is 6.55. The molecule has 78 valence electrons. The first kappa shape index (κ1) is 11.3. The summed E-state index contributed by atoms with van der Waals surface area (Å²) in [6, 6.07) is 3.99. The predicted octanol–water partition coefficient (Wildman–Crippen LogP) is 3.21. The third-order valence-electron chi connectivity index (χ3n) is 2.19. The Kier molecular flexibility index (Phi) is 3.76. The third-order valence-corrected chi connectivity index (χ3v) is 2.37. The smallest absolute Gasteiger partial charge is 0.129 e. The Morgan fingerprint density at radius 2 is 2.21 bits per heavy atom. The molecule has 0 aliphatic rings. The molecule has 1 N–H and O–H groups in total. The van der Waals surface area contributed by atoms with E-state index in [0.717, 1.165) is 17.8 Å². The van der Waals surface area contributed by atoms with Crippen LogP contribution in [0.5, 0.6) is 0 Å². The monoisotopic (exact) mass is 212 g/mol. The van der Waals surface area contributed by atoms with Crippen molar-refractivity contribution in [2.24, 2.45) is 0 Å². The number of hydrogen-bond donors (Lipinski definition) is 1. The molecule has 1 rings (SSSR count). The number of aryl methyl sites for hydroxylation is 1. The highest BCUT2D eigenvalue weighted by Gasteiger charge is 2.17. The molecule has 14 heavy (non-hydrogen) atoms. The van der Waals surface area contributed by atoms with E-state index in [2.05, 4.69) is 24.1 Å². The molecule has 0 saturated carbocycles. The fourth-order valence-electron chi connectivity index (χ4n) is 1.24. The van der Waals surface area contributed by atoms with Crippen LogP contribution in [0.3, 0.4) is 0 Å². The largest absolute Gasteiger partial charge is 0.365 e. The molecule has 1 aromatic heterocycles. The van der Waals surface area contributed by atoms with Gasteiger partial charge in [0.15, 0.2) is 0 Å². The Labute approximate surface area is 90.7 Å². The second-order valence-electron chi connectivity index (χ2n) is 4.12. The summed E-state index contributed by atoms with van der Waals surface area (Å²) in [5.74, 6) is 1.61. The van der Waals surface area contributed by atoms with Crippen LogP contribution in [0.15, 0.2) is 18.3 Å². The van der Waals surface area contributed by atoms with E-state index in [1.807, 2.05) is 19.1 Å². The van der Waals surface area contributed by atoms with Gasteiger partial charge in [-0.3, -0.25) is 0 Å². The average Bonchev–Trinajstić information content (AvgIpc) is 2.08. The van der Waals surface area contributed by atoms with Crippen molar-refractivity contribution in [2.75, 3.05) is 11.2 Å². The average molecular weight is 213 g/mol. The van der Waals surface area contributed by atoms with Gasteiger partial charge in [0, 0.05) is 17.6 Å². The minimum absolute atomic E-state index is 0.000856. The molecule has 2 nitrogen and oxygen atoms in total. The van der Waals surface area contributed by atoms with E-state index in [1.54, 1.807) is 6.20 Å². The summed E-state index contributed by atoms with van der Waals surface area (Å²) in [6.07, 6.45) is 2.72. The van der Waals surface area contributed by atoms with Crippen LogP contribution in [0.25, 0.3) is 0 Å². The number of nitrogens with one attached hydrogen (secondary N) is 1. The maximum atomic E-state index is 5.73. The highest BCUT2D eigenvalue weighted by atomic mass is 35.5. The quantitative estimate of drug-likeness (QED) is 0.776. The molecule has 1 aromatic rings. The summed E-state index contributed by atoms with van der Waals surface area (Å²) in [7, 11) is 0. The Morgan fingerprint density at radius 3 is 2.79 bits per heavy atom. The lowest BCUT2D eigenvalue weighted by atomic mass is 10.0. The summed E-state index contributed by atoms with van der Waals surface area (Å²) in [4.78, 5) is 4.29. The maximum absolute atomic E-state index is 5.73. The number of aromatic nitrogens is 1. The van der Waals surface area contributed by atoms with Crippen LogP contribution in [0.1, 0.15) is 25.8 Å². The zero-order chi connectivity index (χ0) is 10.6. The van der Waals surface area contributed by atoms with Crippen LogP contribution in [0, 0.1) is 6.92 Å². The second-order valence-corrected chi connectivity index (χ2v) is 4.49. The van der Waals surface area contributed by atoms with Crippen molar-refractivity contribution >= 4 is 17.4 Å². The lowest BCUT2D eigenvalue weighted by Crippen LogP contribution is -2.32. The van der Waals surface area contributed by atoms with E-state index in [9.17, 15) is 0 Å². The minimum Gasteiger partial charge on any atom is -0.365 e. The van der Waals surface area contributed by atoms with Crippen LogP contribution >= 0.6 is 11.6 Å². The van der Waals surface area contributed by atoms with Crippen molar-refractivity contribution in [3.05, 3.63) is 23.9 Å². The number of pyridine rings is 1. The van der Waals surface area contributed by atoms with Gasteiger partial charge >= 0.3 is 0 Å². The van der Waals surface area contributed by atoms with Crippen molar-refractivity contribution in [1.82, 2.24) is 4.98 Å². The van der Waals surface area contributed by atoms with Gasteiger partial charge in [0.25, 0.3) is 0 Å². The normalized spacial score (nSPS) is 11.4. The Morgan fingerprint density at radius 1 is 1.50 bits per heavy atom. The molecule has 0 aromatic carbocycles. The number of halogens is 1. The Hall–Kier alpha value is -0.760. The van der Waals surface area contributed by atoms with E-state index in [1.165, 1.54) is 0 Å². The third kappa shape index (κ3) is 3.18. The van der Waals surface area contributed by atoms with Gasteiger partial charge in [0.1, 0.15) is 5.82 Å². The molecule has 0 fully saturated rings. The van der Waals surface area contributed by atoms with Gasteiger partial charge in [-0.2, -0.15) is 0 Å². The fourth-order valence-corrected chi connectivity index (χ4v) is 1.71. The van der Waals surface area contributed by atoms with Gasteiger partial charge in [0.2, 0.25) is 0 Å². The molecule has 0 radical (unpaired) electrons. The highest BCUT2D eigenvalue weighted by molar-refractivity contribution is 6.17. The van der Waals surface area contributed by atoms with Crippen LogP contribution in [-0.4, -0.2) is 16.4 Å². The van der Waals surface area contributed by atoms with Crippen LogP contribution < -0.4 is 5.32 Å². The van der Waals surface area contributed by atoms with Gasteiger partial charge in [-0.15, -0.1) is 11.6 Å². The van der Waals surface area contributed by atoms with Crippen molar-refractivity contribution in [3.8, 4) is 0 Å². The lowest BCUT2D eigenvalue weighted by molar-refractivity contribution is 0.547. The number of hydrogen-bond acceptors (Lipinski definition) is 2. The van der Waals surface area contributed by atoms with Crippen molar-refractivity contribution in [1.29, 1.82) is 0 Å². The molecule has 0 aliphatic heterocycles. The zero-order valence-corrected chi connectivity index (χ0v) is 9.73. The van der Waals surface area contributed by atoms with Crippen molar-refractivity contribution in [2.45, 2.75) is 32.7 Å². The molecule has 0 bridgehead atoms. The molecular formula is C11H17ClN2. The van der Waals surface area contributed by atoms with Gasteiger partial charge in [0.05, 0.1) is 0 Å². The minimum atomic E-state index is 0.000856. The summed E-state index contributed by atoms with van der Waals surface area (Å²) in [5.41, 5.74) is 1.16. The first-order valence-electron chi connectivity index (χ1n) is 4.81. The summed E-state index contributed by atoms with van der Waals surface area (Å²) in [5, 5.41) is 3.39. The predicted molar refractivity (Wildman–Crippen MR) is 62.0 cm³/mol. The molecule has 0 unspecified atom stereocenters. The van der Waals surface area contributed by atoms with E-state index in [0.29, 0.717) is 5.88 Å². The molecule has 0 amide bonds. The summed E-state index contributed by atoms with van der Waals surface area (Å²) in [6.45, 7) is 6.30. The van der Waals surface area contributed by atoms with Crippen molar-refractivity contribution in [3.63, 3.8) is 0 Å². The highest BCUT2D eigenvalue weighted by Crippen LogP contribution is 2.19. The number of anilines is 1. The van der Waals surface area contributed by atoms with E-state index in [4.69, 9.17) is 11.6 Å². The van der Waals surface area contributed by atoms with Crippen LogP contribution in [0.2, 0.25) is 0 Å². The van der Waals surface area contributed by atoms with E-state index < -0.39 is 0 Å². The zero-order valence-electron chi connectivity index (χ0n) is 8.97. The molecule has 0 aliphatic carbocycles. The van der Waals surface area contributed by atoms with Gasteiger partial charge in [-0.05, 0) is 38.8 Å². The Balaban J connectivity index is 2.73. The lowest BCUT2D eigenvalue weighted by Gasteiger charge is -2.26. The first-order valence-corrected chi connectivity index (χ1v) is 5.34. The SMILES string of the molecule is Cc1cccnc1NC(C)(C)CCCl. The van der Waals surface area contributed by atoms with Crippen molar-refractivity contribution < 1.29 is 0 Å². The van der Waals surface area contributed by atoms with E-state index in [-0.39, 0.29) is 5.54 Å². The number of rotatable bonds is 4. The summed E-state index contributed by atoms with van der Waals surface area (Å²) >= 11 is 5.73. The van der Waals surface area contributed by atoms with Crippen LogP contribution in [-0.2, 0) is 0 Å². The molecule has 0 saturated heterocycles. The molecular weight excluding hydrogens is 196 g/mol. The molecule has 1 heterocycles. The summed E-state index contributed by atoms with van der Waals surface area (Å²) < 4.78 is 0. The molecule has 3 heteroatoms. The number of alkyl halides is 1. The Bertz CT molecular complexity index is 297. The maximum Gasteiger partial charge on any atom is 0.129 e. The topological polar surface area (TPSA) is 24.9 Å². The molecule has 0 spiro atoms.